The van der Waals surface area contributed by atoms with Gasteiger partial charge in [-0.1, -0.05) is 124 Å². The van der Waals surface area contributed by atoms with E-state index in [1.165, 1.54) is 0 Å². The molecule has 0 bridgehead atoms. The molecule has 8 amide bonds. The SMILES string of the molecule is CC[C@H](C)[C@H](NC(=O)[C@H](CO)NC(=O)[C@@H](NC(=O)[C@H](CC(C)C)NC(=O)[C@@H](NC(=O)[C@H](CC(C)C)NC(=O)[C@H](CC(C)C)NC(=O)[C@H](CC(C)C)NC(=O)[C@@H](N)CC(C)C)C(C)C)[C@@H](C)CC)C(=O)O. The summed E-state index contributed by atoms with van der Waals surface area (Å²) in [6.45, 7) is 28.2. The van der Waals surface area contributed by atoms with Crippen molar-refractivity contribution in [2.24, 2.45) is 53.1 Å². The zero-order chi connectivity index (χ0) is 54.3. The normalized spacial score (nSPS) is 16.5. The van der Waals surface area contributed by atoms with Crippen LogP contribution < -0.4 is 48.3 Å². The summed E-state index contributed by atoms with van der Waals surface area (Å²) in [5, 5.41) is 41.2. The van der Waals surface area contributed by atoms with Crippen LogP contribution in [0.25, 0.3) is 0 Å². The first kappa shape index (κ1) is 65.1. The molecule has 0 rings (SSSR count). The number of aliphatic hydroxyl groups excluding tert-OH is 1. The molecule has 70 heavy (non-hydrogen) atoms. The number of carbonyl (C=O) groups is 9. The second kappa shape index (κ2) is 32.2. The number of rotatable bonds is 33. The van der Waals surface area contributed by atoms with Crippen LogP contribution >= 0.6 is 0 Å². The van der Waals surface area contributed by atoms with Gasteiger partial charge in [0.15, 0.2) is 0 Å². The molecular weight excluding hydrogens is 903 g/mol. The van der Waals surface area contributed by atoms with Gasteiger partial charge in [-0.2, -0.15) is 0 Å². The molecule has 11 atom stereocenters. The summed E-state index contributed by atoms with van der Waals surface area (Å²) < 4.78 is 0. The van der Waals surface area contributed by atoms with Gasteiger partial charge in [0.05, 0.1) is 12.6 Å². The van der Waals surface area contributed by atoms with Crippen LogP contribution in [0.5, 0.6) is 0 Å². The summed E-state index contributed by atoms with van der Waals surface area (Å²) in [6.07, 6.45) is 2.04. The minimum Gasteiger partial charge on any atom is -0.480 e. The molecule has 0 aliphatic heterocycles. The lowest BCUT2D eigenvalue weighted by molar-refractivity contribution is -0.144. The Morgan fingerprint density at radius 2 is 0.643 bits per heavy atom. The molecule has 0 radical (unpaired) electrons. The van der Waals surface area contributed by atoms with Crippen LogP contribution in [0.3, 0.4) is 0 Å². The van der Waals surface area contributed by atoms with Gasteiger partial charge in [0.2, 0.25) is 47.3 Å². The molecule has 20 heteroatoms. The van der Waals surface area contributed by atoms with Crippen molar-refractivity contribution in [3.05, 3.63) is 0 Å². The molecule has 0 heterocycles. The first-order valence-electron chi connectivity index (χ1n) is 25.4. The van der Waals surface area contributed by atoms with Crippen molar-refractivity contribution in [3.8, 4) is 0 Å². The molecule has 0 aliphatic carbocycles. The van der Waals surface area contributed by atoms with Crippen molar-refractivity contribution in [1.29, 1.82) is 0 Å². The Balaban J connectivity index is 6.53. The highest BCUT2D eigenvalue weighted by Crippen LogP contribution is 2.16. The zero-order valence-electron chi connectivity index (χ0n) is 45.1. The number of hydrogen-bond acceptors (Lipinski definition) is 11. The lowest BCUT2D eigenvalue weighted by Crippen LogP contribution is -2.62. The summed E-state index contributed by atoms with van der Waals surface area (Å²) in [6, 6.07) is -10.5. The minimum absolute atomic E-state index is 0.00636. The Hall–Kier alpha value is -4.85. The van der Waals surface area contributed by atoms with E-state index < -0.39 is 132 Å². The maximum Gasteiger partial charge on any atom is 0.326 e. The first-order chi connectivity index (χ1) is 32.4. The van der Waals surface area contributed by atoms with Gasteiger partial charge < -0.3 is 58.5 Å². The van der Waals surface area contributed by atoms with E-state index in [0.29, 0.717) is 19.3 Å². The Kier molecular flexibility index (Phi) is 30.0. The predicted octanol–water partition coefficient (Wildman–Crippen LogP) is 2.25. The van der Waals surface area contributed by atoms with E-state index in [-0.39, 0.29) is 55.3 Å². The molecule has 0 aromatic heterocycles. The van der Waals surface area contributed by atoms with Crippen LogP contribution in [0.15, 0.2) is 0 Å². The van der Waals surface area contributed by atoms with Crippen LogP contribution in [-0.2, 0) is 43.2 Å². The minimum atomic E-state index is -1.53. The molecule has 0 aromatic carbocycles. The van der Waals surface area contributed by atoms with Crippen LogP contribution in [0.4, 0.5) is 0 Å². The van der Waals surface area contributed by atoms with Gasteiger partial charge in [0.25, 0.3) is 0 Å². The Morgan fingerprint density at radius 3 is 0.971 bits per heavy atom. The van der Waals surface area contributed by atoms with E-state index in [1.807, 2.05) is 69.2 Å². The summed E-state index contributed by atoms with van der Waals surface area (Å²) in [5.41, 5.74) is 6.12. The topological polar surface area (TPSA) is 316 Å². The number of nitrogens with two attached hydrogens (primary N) is 1. The Bertz CT molecular complexity index is 1710. The zero-order valence-corrected chi connectivity index (χ0v) is 45.1. The quantitative estimate of drug-likeness (QED) is 0.0451. The third kappa shape index (κ3) is 23.8. The Morgan fingerprint density at radius 1 is 0.371 bits per heavy atom. The molecule has 404 valence electrons. The molecule has 12 N–H and O–H groups in total. The van der Waals surface area contributed by atoms with Crippen LogP contribution in [-0.4, -0.2) is 124 Å². The fraction of sp³-hybridized carbons (Fsp3) is 0.820. The van der Waals surface area contributed by atoms with Gasteiger partial charge in [-0.05, 0) is 79.4 Å². The van der Waals surface area contributed by atoms with Crippen molar-refractivity contribution in [2.75, 3.05) is 6.61 Å². The van der Waals surface area contributed by atoms with Gasteiger partial charge in [-0.15, -0.1) is 0 Å². The van der Waals surface area contributed by atoms with E-state index >= 15 is 0 Å². The summed E-state index contributed by atoms with van der Waals surface area (Å²) in [4.78, 5) is 122. The van der Waals surface area contributed by atoms with Crippen molar-refractivity contribution >= 4 is 53.2 Å². The molecule has 0 unspecified atom stereocenters. The maximum atomic E-state index is 14.2. The number of nitrogens with one attached hydrogen (secondary N) is 8. The number of carbonyl (C=O) groups excluding carboxylic acids is 8. The third-order valence-corrected chi connectivity index (χ3v) is 12.1. The largest absolute Gasteiger partial charge is 0.480 e. The molecule has 0 fully saturated rings. The number of hydrogen-bond donors (Lipinski definition) is 11. The second-order valence-corrected chi connectivity index (χ2v) is 21.6. The summed E-state index contributed by atoms with van der Waals surface area (Å²) in [7, 11) is 0. The van der Waals surface area contributed by atoms with Gasteiger partial charge in [-0.3, -0.25) is 38.4 Å². The average Bonchev–Trinajstić information content (AvgIpc) is 3.25. The van der Waals surface area contributed by atoms with E-state index in [2.05, 4.69) is 42.5 Å². The number of amides is 8. The molecule has 0 aliphatic rings. The van der Waals surface area contributed by atoms with E-state index in [1.54, 1.807) is 41.5 Å². The standard InChI is InChI=1S/C50H93N9O11/c1-17-31(15)40(49(68)56-38(24-60)47(66)59-41(50(69)70)32(16)18-2)58-46(65)37(23-29(11)12)55-48(67)39(30(13)14)57-45(64)36(22-28(9)10)54-44(63)35(21-27(7)8)53-43(62)34(20-26(5)6)52-42(61)33(51)19-25(3)4/h25-41,60H,17-24,51H2,1-16H3,(H,52,61)(H,53,62)(H,54,63)(H,55,67)(H,56,68)(H,57,64)(H,58,65)(H,59,66)(H,69,70)/t31-,32-,33-,34-,35-,36-,37-,38-,39-,40-,41-/m0/s1. The number of carboxylic acids is 1. The Labute approximate surface area is 417 Å². The highest BCUT2D eigenvalue weighted by molar-refractivity contribution is 5.98. The molecule has 0 aromatic rings. The highest BCUT2D eigenvalue weighted by atomic mass is 16.4. The van der Waals surface area contributed by atoms with Crippen molar-refractivity contribution in [3.63, 3.8) is 0 Å². The number of carboxylic acid groups (broad SMARTS) is 1. The summed E-state index contributed by atoms with van der Waals surface area (Å²) >= 11 is 0. The fourth-order valence-electron chi connectivity index (χ4n) is 7.65. The van der Waals surface area contributed by atoms with Crippen LogP contribution in [0, 0.1) is 47.3 Å². The first-order valence-corrected chi connectivity index (χ1v) is 25.4. The maximum absolute atomic E-state index is 14.2. The van der Waals surface area contributed by atoms with Crippen molar-refractivity contribution in [1.82, 2.24) is 42.5 Å². The number of aliphatic carboxylic acids is 1. The van der Waals surface area contributed by atoms with Gasteiger partial charge >= 0.3 is 5.97 Å². The smallest absolute Gasteiger partial charge is 0.326 e. The lowest BCUT2D eigenvalue weighted by atomic mass is 9.95. The third-order valence-electron chi connectivity index (χ3n) is 12.1. The predicted molar refractivity (Wildman–Crippen MR) is 269 cm³/mol. The van der Waals surface area contributed by atoms with Gasteiger partial charge in [-0.25, -0.2) is 4.79 Å². The summed E-state index contributed by atoms with van der Waals surface area (Å²) in [5.74, 6) is -8.40. The molecule has 0 spiro atoms. The van der Waals surface area contributed by atoms with E-state index in [9.17, 15) is 53.4 Å². The highest BCUT2D eigenvalue weighted by Gasteiger charge is 2.37. The van der Waals surface area contributed by atoms with E-state index in [0.717, 1.165) is 0 Å². The van der Waals surface area contributed by atoms with Crippen LogP contribution in [0.2, 0.25) is 0 Å². The van der Waals surface area contributed by atoms with Crippen LogP contribution in [0.1, 0.15) is 156 Å². The van der Waals surface area contributed by atoms with Gasteiger partial charge in [0.1, 0.15) is 48.3 Å². The van der Waals surface area contributed by atoms with Crippen molar-refractivity contribution in [2.45, 2.75) is 210 Å². The van der Waals surface area contributed by atoms with E-state index in [4.69, 9.17) is 5.73 Å². The van der Waals surface area contributed by atoms with Gasteiger partial charge in [0, 0.05) is 0 Å². The molecular formula is C50H93N9O11. The fourth-order valence-corrected chi connectivity index (χ4v) is 7.65. The number of aliphatic hydroxyl groups is 1. The van der Waals surface area contributed by atoms with Crippen molar-refractivity contribution < 1.29 is 53.4 Å². The monoisotopic (exact) mass is 996 g/mol. The molecule has 20 nitrogen and oxygen atoms in total. The molecule has 0 saturated heterocycles. The lowest BCUT2D eigenvalue weighted by Gasteiger charge is -2.31. The second-order valence-electron chi connectivity index (χ2n) is 21.6. The average molecular weight is 996 g/mol. The molecule has 0 saturated carbocycles.